The van der Waals surface area contributed by atoms with Crippen molar-refractivity contribution in [2.24, 2.45) is 11.7 Å². The Balaban J connectivity index is 0.00000220. The lowest BCUT2D eigenvalue weighted by Gasteiger charge is -2.31. The van der Waals surface area contributed by atoms with Gasteiger partial charge in [-0.1, -0.05) is 0 Å². The van der Waals surface area contributed by atoms with Crippen LogP contribution in [0.5, 0.6) is 0 Å². The molecule has 0 radical (unpaired) electrons. The van der Waals surface area contributed by atoms with Gasteiger partial charge in [0.25, 0.3) is 10.0 Å². The Labute approximate surface area is 133 Å². The Hall–Kier alpha value is -0.630. The van der Waals surface area contributed by atoms with Gasteiger partial charge < -0.3 is 10.3 Å². The summed E-state index contributed by atoms with van der Waals surface area (Å²) in [7, 11) is -3.46. The van der Waals surface area contributed by atoms with Gasteiger partial charge in [-0.05, 0) is 45.6 Å². The number of aromatic nitrogens is 2. The van der Waals surface area contributed by atoms with Gasteiger partial charge in [-0.2, -0.15) is 4.31 Å². The fraction of sp³-hybridized carbons (Fsp3) is 0.769. The van der Waals surface area contributed by atoms with Crippen LogP contribution in [0.2, 0.25) is 0 Å². The first-order chi connectivity index (χ1) is 9.48. The van der Waals surface area contributed by atoms with Gasteiger partial charge in [0.15, 0.2) is 5.03 Å². The largest absolute Gasteiger partial charge is 0.334 e. The molecule has 1 atom stereocenters. The van der Waals surface area contributed by atoms with E-state index in [1.54, 1.807) is 10.5 Å². The van der Waals surface area contributed by atoms with E-state index in [1.165, 1.54) is 0 Å². The molecule has 0 aliphatic carbocycles. The molecule has 1 aliphatic rings. The molecular weight excluding hydrogens is 312 g/mol. The summed E-state index contributed by atoms with van der Waals surface area (Å²) >= 11 is 0. The van der Waals surface area contributed by atoms with Gasteiger partial charge in [0.1, 0.15) is 5.82 Å². The van der Waals surface area contributed by atoms with E-state index in [0.717, 1.165) is 31.6 Å². The molecule has 6 nitrogen and oxygen atoms in total. The van der Waals surface area contributed by atoms with Crippen LogP contribution in [-0.2, 0) is 16.6 Å². The summed E-state index contributed by atoms with van der Waals surface area (Å²) in [6, 6.07) is 0. The van der Waals surface area contributed by atoms with Crippen molar-refractivity contribution in [1.29, 1.82) is 0 Å². The summed E-state index contributed by atoms with van der Waals surface area (Å²) in [5, 5.41) is 0.172. The fourth-order valence-corrected chi connectivity index (χ4v) is 4.32. The standard InChI is InChI=1S/C13H24N4O2S.ClH/c1-3-16-10-13(15-11(16)2)20(18,19)17-8-4-5-12(9-17)6-7-14;/h10,12H,3-9,14H2,1-2H3;1H. The minimum Gasteiger partial charge on any atom is -0.334 e. The molecule has 0 aromatic carbocycles. The summed E-state index contributed by atoms with van der Waals surface area (Å²) in [5.41, 5.74) is 5.58. The molecule has 1 saturated heterocycles. The minimum atomic E-state index is -3.46. The Kier molecular flexibility index (Phi) is 6.65. The second-order valence-corrected chi connectivity index (χ2v) is 7.25. The third-order valence-electron chi connectivity index (χ3n) is 3.96. The normalized spacial score (nSPS) is 20.2. The Morgan fingerprint density at radius 2 is 2.19 bits per heavy atom. The second-order valence-electron chi connectivity index (χ2n) is 5.36. The number of imidazole rings is 1. The van der Waals surface area contributed by atoms with E-state index in [0.29, 0.717) is 25.6 Å². The van der Waals surface area contributed by atoms with Crippen LogP contribution in [0.15, 0.2) is 11.2 Å². The Morgan fingerprint density at radius 3 is 2.76 bits per heavy atom. The Bertz CT molecular complexity index is 557. The quantitative estimate of drug-likeness (QED) is 0.880. The highest BCUT2D eigenvalue weighted by molar-refractivity contribution is 7.89. The predicted molar refractivity (Wildman–Crippen MR) is 85.0 cm³/mol. The molecule has 0 spiro atoms. The van der Waals surface area contributed by atoms with Crippen LogP contribution in [-0.4, -0.2) is 41.9 Å². The zero-order valence-corrected chi connectivity index (χ0v) is 14.3. The average molecular weight is 337 g/mol. The van der Waals surface area contributed by atoms with Gasteiger partial charge in [0.05, 0.1) is 0 Å². The van der Waals surface area contributed by atoms with E-state index >= 15 is 0 Å². The number of nitrogens with zero attached hydrogens (tertiary/aromatic N) is 3. The maximum Gasteiger partial charge on any atom is 0.262 e. The van der Waals surface area contributed by atoms with Crippen LogP contribution < -0.4 is 5.73 Å². The minimum absolute atomic E-state index is 0. The van der Waals surface area contributed by atoms with E-state index in [4.69, 9.17) is 5.73 Å². The van der Waals surface area contributed by atoms with E-state index < -0.39 is 10.0 Å². The van der Waals surface area contributed by atoms with Gasteiger partial charge in [0.2, 0.25) is 0 Å². The van der Waals surface area contributed by atoms with Gasteiger partial charge in [0, 0.05) is 25.8 Å². The maximum atomic E-state index is 12.6. The van der Waals surface area contributed by atoms with Crippen molar-refractivity contribution >= 4 is 22.4 Å². The van der Waals surface area contributed by atoms with Gasteiger partial charge >= 0.3 is 0 Å². The molecule has 1 aromatic rings. The Morgan fingerprint density at radius 1 is 1.48 bits per heavy atom. The van der Waals surface area contributed by atoms with Crippen molar-refractivity contribution in [2.75, 3.05) is 19.6 Å². The summed E-state index contributed by atoms with van der Waals surface area (Å²) in [5.74, 6) is 1.11. The zero-order chi connectivity index (χ0) is 14.8. The number of piperidine rings is 1. The molecule has 1 fully saturated rings. The highest BCUT2D eigenvalue weighted by Gasteiger charge is 2.31. The molecule has 122 valence electrons. The van der Waals surface area contributed by atoms with Crippen molar-refractivity contribution in [2.45, 2.75) is 44.7 Å². The molecule has 1 aliphatic heterocycles. The second kappa shape index (κ2) is 7.58. The topological polar surface area (TPSA) is 81.2 Å². The smallest absolute Gasteiger partial charge is 0.262 e. The molecule has 2 N–H and O–H groups in total. The number of halogens is 1. The van der Waals surface area contributed by atoms with Crippen molar-refractivity contribution < 1.29 is 8.42 Å². The van der Waals surface area contributed by atoms with E-state index in [-0.39, 0.29) is 17.4 Å². The van der Waals surface area contributed by atoms with Crippen molar-refractivity contribution in [3.05, 3.63) is 12.0 Å². The van der Waals surface area contributed by atoms with Gasteiger partial charge in [-0.3, -0.25) is 0 Å². The highest BCUT2D eigenvalue weighted by Crippen LogP contribution is 2.24. The lowest BCUT2D eigenvalue weighted by Crippen LogP contribution is -2.40. The van der Waals surface area contributed by atoms with Crippen LogP contribution in [0.25, 0.3) is 0 Å². The van der Waals surface area contributed by atoms with Gasteiger partial charge in [-0.15, -0.1) is 12.4 Å². The summed E-state index contributed by atoms with van der Waals surface area (Å²) < 4.78 is 28.7. The van der Waals surface area contributed by atoms with Crippen LogP contribution in [0.1, 0.15) is 32.0 Å². The number of aryl methyl sites for hydroxylation is 2. The molecule has 1 aromatic heterocycles. The molecule has 0 amide bonds. The predicted octanol–water partition coefficient (Wildman–Crippen LogP) is 1.38. The van der Waals surface area contributed by atoms with E-state index in [2.05, 4.69) is 4.98 Å². The van der Waals surface area contributed by atoms with Crippen LogP contribution in [0.4, 0.5) is 0 Å². The first-order valence-corrected chi connectivity index (χ1v) is 8.67. The number of hydrogen-bond donors (Lipinski definition) is 1. The van der Waals surface area contributed by atoms with Crippen LogP contribution in [0, 0.1) is 12.8 Å². The molecular formula is C13H25ClN4O2S. The summed E-state index contributed by atoms with van der Waals surface area (Å²) in [6.45, 7) is 6.30. The highest BCUT2D eigenvalue weighted by atomic mass is 35.5. The average Bonchev–Trinajstić information content (AvgIpc) is 2.81. The fourth-order valence-electron chi connectivity index (χ4n) is 2.77. The third-order valence-corrected chi connectivity index (χ3v) is 5.69. The molecule has 21 heavy (non-hydrogen) atoms. The molecule has 8 heteroatoms. The third kappa shape index (κ3) is 3.97. The molecule has 2 heterocycles. The van der Waals surface area contributed by atoms with E-state index in [9.17, 15) is 8.42 Å². The summed E-state index contributed by atoms with van der Waals surface area (Å²) in [6.07, 6.45) is 4.48. The number of rotatable bonds is 5. The van der Waals surface area contributed by atoms with Gasteiger partial charge in [-0.25, -0.2) is 13.4 Å². The SMILES string of the molecule is CCn1cc(S(=O)(=O)N2CCCC(CCN)C2)nc1C.Cl. The first kappa shape index (κ1) is 18.4. The lowest BCUT2D eigenvalue weighted by molar-refractivity contribution is 0.257. The van der Waals surface area contributed by atoms with Crippen molar-refractivity contribution in [3.63, 3.8) is 0 Å². The summed E-state index contributed by atoms with van der Waals surface area (Å²) in [4.78, 5) is 4.21. The molecule has 2 rings (SSSR count). The van der Waals surface area contributed by atoms with E-state index in [1.807, 2.05) is 18.4 Å². The lowest BCUT2D eigenvalue weighted by atomic mass is 9.96. The molecule has 0 saturated carbocycles. The zero-order valence-electron chi connectivity index (χ0n) is 12.7. The van der Waals surface area contributed by atoms with Crippen molar-refractivity contribution in [1.82, 2.24) is 13.9 Å². The van der Waals surface area contributed by atoms with Crippen LogP contribution in [0.3, 0.4) is 0 Å². The number of sulfonamides is 1. The molecule has 0 bridgehead atoms. The molecule has 1 unspecified atom stereocenters. The first-order valence-electron chi connectivity index (χ1n) is 7.23. The monoisotopic (exact) mass is 336 g/mol. The number of nitrogens with two attached hydrogens (primary N) is 1. The van der Waals surface area contributed by atoms with Crippen molar-refractivity contribution in [3.8, 4) is 0 Å². The van der Waals surface area contributed by atoms with Crippen LogP contribution >= 0.6 is 12.4 Å². The maximum absolute atomic E-state index is 12.6. The number of hydrogen-bond acceptors (Lipinski definition) is 4.